The molecule has 0 unspecified atom stereocenters. The molecular formula is C25H26N2. The quantitative estimate of drug-likeness (QED) is 0.482. The molecule has 4 aromatic rings. The van der Waals surface area contributed by atoms with Gasteiger partial charge in [-0.15, -0.1) is 0 Å². The van der Waals surface area contributed by atoms with Crippen LogP contribution in [0.2, 0.25) is 0 Å². The molecule has 0 aromatic heterocycles. The van der Waals surface area contributed by atoms with Crippen LogP contribution < -0.4 is 11.5 Å². The van der Waals surface area contributed by atoms with Gasteiger partial charge in [-0.25, -0.2) is 0 Å². The van der Waals surface area contributed by atoms with Crippen molar-refractivity contribution in [3.8, 4) is 0 Å². The van der Waals surface area contributed by atoms with Crippen LogP contribution in [0.4, 0.5) is 0 Å². The van der Waals surface area contributed by atoms with E-state index in [-0.39, 0.29) is 11.8 Å². The van der Waals surface area contributed by atoms with Crippen LogP contribution in [0.15, 0.2) is 84.9 Å². The van der Waals surface area contributed by atoms with E-state index >= 15 is 0 Å². The molecule has 0 aliphatic heterocycles. The Morgan fingerprint density at radius 3 is 1.44 bits per heavy atom. The summed E-state index contributed by atoms with van der Waals surface area (Å²) in [4.78, 5) is 0. The van der Waals surface area contributed by atoms with Crippen molar-refractivity contribution in [1.29, 1.82) is 0 Å². The van der Waals surface area contributed by atoms with Crippen LogP contribution >= 0.6 is 0 Å². The van der Waals surface area contributed by atoms with Crippen molar-refractivity contribution in [2.24, 2.45) is 17.4 Å². The molecule has 0 atom stereocenters. The smallest absolute Gasteiger partial charge is 0.0772 e. The van der Waals surface area contributed by atoms with E-state index < -0.39 is 5.66 Å². The molecule has 4 N–H and O–H groups in total. The Labute approximate surface area is 160 Å². The van der Waals surface area contributed by atoms with Gasteiger partial charge in [-0.3, -0.25) is 0 Å². The molecule has 0 fully saturated rings. The predicted molar refractivity (Wildman–Crippen MR) is 116 cm³/mol. The van der Waals surface area contributed by atoms with Gasteiger partial charge in [-0.1, -0.05) is 98.8 Å². The number of fused-ring (bicyclic) bond motifs is 2. The highest BCUT2D eigenvalue weighted by atomic mass is 15.0. The molecule has 0 radical (unpaired) electrons. The maximum absolute atomic E-state index is 6.83. The monoisotopic (exact) mass is 354 g/mol. The summed E-state index contributed by atoms with van der Waals surface area (Å²) in [6, 6.07) is 29.7. The van der Waals surface area contributed by atoms with E-state index in [1.165, 1.54) is 32.7 Å². The first-order valence-corrected chi connectivity index (χ1v) is 9.53. The number of benzene rings is 4. The van der Waals surface area contributed by atoms with E-state index in [1.807, 2.05) is 0 Å². The van der Waals surface area contributed by atoms with Crippen LogP contribution in [0.5, 0.6) is 0 Å². The van der Waals surface area contributed by atoms with Crippen LogP contribution in [0, 0.1) is 5.92 Å². The van der Waals surface area contributed by atoms with Crippen molar-refractivity contribution in [2.45, 2.75) is 25.4 Å². The molecule has 0 spiro atoms. The first-order valence-electron chi connectivity index (χ1n) is 9.53. The summed E-state index contributed by atoms with van der Waals surface area (Å²) in [5.41, 5.74) is 15.1. The molecule has 0 saturated heterocycles. The van der Waals surface area contributed by atoms with E-state index in [0.717, 1.165) is 0 Å². The molecule has 0 aliphatic rings. The van der Waals surface area contributed by atoms with E-state index in [0.29, 0.717) is 0 Å². The van der Waals surface area contributed by atoms with Crippen LogP contribution in [-0.2, 0) is 0 Å². The fourth-order valence-corrected chi connectivity index (χ4v) is 4.04. The van der Waals surface area contributed by atoms with Crippen molar-refractivity contribution in [3.63, 3.8) is 0 Å². The maximum Gasteiger partial charge on any atom is 0.0772 e. The largest absolute Gasteiger partial charge is 0.312 e. The second kappa shape index (κ2) is 6.80. The lowest BCUT2D eigenvalue weighted by Gasteiger charge is -2.39. The molecular weight excluding hydrogens is 328 g/mol. The van der Waals surface area contributed by atoms with E-state index in [1.54, 1.807) is 0 Å². The van der Waals surface area contributed by atoms with E-state index in [2.05, 4.69) is 98.8 Å². The summed E-state index contributed by atoms with van der Waals surface area (Å²) in [6.07, 6.45) is 0. The highest BCUT2D eigenvalue weighted by Gasteiger charge is 2.37. The van der Waals surface area contributed by atoms with Crippen molar-refractivity contribution in [1.82, 2.24) is 0 Å². The van der Waals surface area contributed by atoms with Crippen LogP contribution in [-0.4, -0.2) is 5.66 Å². The standard InChI is InChI=1S/C25H26N2/c1-17(2)25(26,27)24(22-15-7-11-18-9-3-5-13-20(18)22)23-16-8-12-19-10-4-6-14-21(19)23/h3-17,24H,26-27H2,1-2H3. The Morgan fingerprint density at radius 1 is 0.593 bits per heavy atom. The second-order valence-electron chi connectivity index (χ2n) is 7.72. The molecule has 0 bridgehead atoms. The minimum atomic E-state index is -0.881. The SMILES string of the molecule is CC(C)C(N)(N)C(c1cccc2ccccc12)c1cccc2ccccc12. The highest BCUT2D eigenvalue weighted by molar-refractivity contribution is 5.90. The Hall–Kier alpha value is -2.68. The van der Waals surface area contributed by atoms with E-state index in [9.17, 15) is 0 Å². The Bertz CT molecular complexity index is 1010. The topological polar surface area (TPSA) is 52.0 Å². The summed E-state index contributed by atoms with van der Waals surface area (Å²) < 4.78 is 0. The van der Waals surface area contributed by atoms with Gasteiger partial charge in [0, 0.05) is 5.92 Å². The lowest BCUT2D eigenvalue weighted by molar-refractivity contribution is 0.287. The first kappa shape index (κ1) is 17.7. The van der Waals surface area contributed by atoms with Gasteiger partial charge in [0.1, 0.15) is 0 Å². The van der Waals surface area contributed by atoms with Gasteiger partial charge in [0.15, 0.2) is 0 Å². The summed E-state index contributed by atoms with van der Waals surface area (Å²) in [5, 5.41) is 4.83. The zero-order valence-electron chi connectivity index (χ0n) is 15.9. The fourth-order valence-electron chi connectivity index (χ4n) is 4.04. The molecule has 2 heteroatoms. The van der Waals surface area contributed by atoms with Crippen molar-refractivity contribution >= 4 is 21.5 Å². The molecule has 27 heavy (non-hydrogen) atoms. The molecule has 0 amide bonds. The highest BCUT2D eigenvalue weighted by Crippen LogP contribution is 2.40. The first-order chi connectivity index (χ1) is 13.0. The van der Waals surface area contributed by atoms with Crippen LogP contribution in [0.3, 0.4) is 0 Å². The summed E-state index contributed by atoms with van der Waals surface area (Å²) in [7, 11) is 0. The number of hydrogen-bond acceptors (Lipinski definition) is 2. The third-order valence-corrected chi connectivity index (χ3v) is 5.77. The van der Waals surface area contributed by atoms with Gasteiger partial charge in [0.2, 0.25) is 0 Å². The fraction of sp³-hybridized carbons (Fsp3) is 0.200. The summed E-state index contributed by atoms with van der Waals surface area (Å²) in [5.74, 6) is -0.00450. The maximum atomic E-state index is 6.83. The van der Waals surface area contributed by atoms with Crippen molar-refractivity contribution in [2.75, 3.05) is 0 Å². The van der Waals surface area contributed by atoms with Crippen molar-refractivity contribution in [3.05, 3.63) is 96.1 Å². The van der Waals surface area contributed by atoms with Gasteiger partial charge in [-0.05, 0) is 38.6 Å². The lowest BCUT2D eigenvalue weighted by atomic mass is 9.73. The average Bonchev–Trinajstić information content (AvgIpc) is 2.68. The van der Waals surface area contributed by atoms with Gasteiger partial charge in [-0.2, -0.15) is 0 Å². The molecule has 0 heterocycles. The predicted octanol–water partition coefficient (Wildman–Crippen LogP) is 5.39. The number of nitrogens with two attached hydrogens (primary N) is 2. The molecule has 4 aromatic carbocycles. The Balaban J connectivity index is 2.06. The zero-order valence-corrected chi connectivity index (χ0v) is 15.9. The van der Waals surface area contributed by atoms with Crippen molar-refractivity contribution < 1.29 is 0 Å². The van der Waals surface area contributed by atoms with Gasteiger partial charge >= 0.3 is 0 Å². The van der Waals surface area contributed by atoms with Gasteiger partial charge < -0.3 is 11.5 Å². The third kappa shape index (κ3) is 3.01. The molecule has 0 saturated carbocycles. The van der Waals surface area contributed by atoms with Crippen LogP contribution in [0.1, 0.15) is 30.9 Å². The van der Waals surface area contributed by atoms with Crippen LogP contribution in [0.25, 0.3) is 21.5 Å². The third-order valence-electron chi connectivity index (χ3n) is 5.77. The zero-order chi connectivity index (χ0) is 19.0. The minimum absolute atomic E-state index is 0.112. The Morgan fingerprint density at radius 2 is 1.00 bits per heavy atom. The average molecular weight is 354 g/mol. The Kier molecular flexibility index (Phi) is 4.47. The van der Waals surface area contributed by atoms with E-state index in [4.69, 9.17) is 11.5 Å². The minimum Gasteiger partial charge on any atom is -0.312 e. The number of rotatable bonds is 4. The molecule has 0 aliphatic carbocycles. The number of hydrogen-bond donors (Lipinski definition) is 2. The van der Waals surface area contributed by atoms with Gasteiger partial charge in [0.25, 0.3) is 0 Å². The summed E-state index contributed by atoms with van der Waals surface area (Å²) in [6.45, 7) is 4.20. The molecule has 136 valence electrons. The normalized spacial score (nSPS) is 12.4. The second-order valence-corrected chi connectivity index (χ2v) is 7.72. The van der Waals surface area contributed by atoms with Gasteiger partial charge in [0.05, 0.1) is 5.66 Å². The lowest BCUT2D eigenvalue weighted by Crippen LogP contribution is -2.58. The summed E-state index contributed by atoms with van der Waals surface area (Å²) >= 11 is 0. The molecule has 2 nitrogen and oxygen atoms in total. The molecule has 4 rings (SSSR count).